The van der Waals surface area contributed by atoms with Crippen LogP contribution in [-0.2, 0) is 0 Å². The third-order valence-electron chi connectivity index (χ3n) is 2.92. The van der Waals surface area contributed by atoms with Gasteiger partial charge in [-0.05, 0) is 47.7 Å². The minimum Gasteiger partial charge on any atom is -0.497 e. The van der Waals surface area contributed by atoms with Crippen LogP contribution >= 0.6 is 22.6 Å². The van der Waals surface area contributed by atoms with E-state index in [-0.39, 0.29) is 11.9 Å². The average molecular weight is 371 g/mol. The molecule has 2 nitrogen and oxygen atoms in total. The number of anilines is 1. The Kier molecular flexibility index (Phi) is 4.63. The average Bonchev–Trinajstić information content (AvgIpc) is 2.41. The highest BCUT2D eigenvalue weighted by molar-refractivity contribution is 14.1. The minimum atomic E-state index is -0.259. The Labute approximate surface area is 126 Å². The summed E-state index contributed by atoms with van der Waals surface area (Å²) in [6, 6.07) is 12.8. The molecule has 2 rings (SSSR count). The molecule has 0 spiro atoms. The summed E-state index contributed by atoms with van der Waals surface area (Å²) in [6.45, 7) is 1.94. The molecule has 0 saturated heterocycles. The second-order valence-corrected chi connectivity index (χ2v) is 5.40. The van der Waals surface area contributed by atoms with Gasteiger partial charge in [-0.25, -0.2) is 4.39 Å². The van der Waals surface area contributed by atoms with Crippen molar-refractivity contribution in [3.63, 3.8) is 0 Å². The molecule has 100 valence electrons. The topological polar surface area (TPSA) is 21.3 Å². The Morgan fingerprint density at radius 2 is 1.95 bits per heavy atom. The molecule has 0 aliphatic rings. The van der Waals surface area contributed by atoms with E-state index >= 15 is 0 Å². The van der Waals surface area contributed by atoms with Crippen LogP contribution < -0.4 is 10.1 Å². The molecule has 2 aromatic rings. The molecule has 4 heteroatoms. The third-order valence-corrected chi connectivity index (χ3v) is 3.86. The number of benzene rings is 2. The summed E-state index contributed by atoms with van der Waals surface area (Å²) in [5.41, 5.74) is 1.63. The molecule has 0 aliphatic heterocycles. The zero-order valence-corrected chi connectivity index (χ0v) is 12.9. The molecule has 1 atom stereocenters. The van der Waals surface area contributed by atoms with Crippen molar-refractivity contribution in [3.8, 4) is 5.75 Å². The van der Waals surface area contributed by atoms with Crippen molar-refractivity contribution in [1.29, 1.82) is 0 Å². The van der Waals surface area contributed by atoms with Crippen LogP contribution in [0.15, 0.2) is 42.5 Å². The van der Waals surface area contributed by atoms with Crippen LogP contribution in [0.2, 0.25) is 0 Å². The quantitative estimate of drug-likeness (QED) is 0.793. The summed E-state index contributed by atoms with van der Waals surface area (Å²) in [7, 11) is 1.53. The van der Waals surface area contributed by atoms with Gasteiger partial charge in [0.15, 0.2) is 0 Å². The van der Waals surface area contributed by atoms with Crippen molar-refractivity contribution in [3.05, 3.63) is 57.4 Å². The van der Waals surface area contributed by atoms with E-state index in [4.69, 9.17) is 4.74 Å². The van der Waals surface area contributed by atoms with Crippen molar-refractivity contribution in [1.82, 2.24) is 0 Å². The molecule has 2 aromatic carbocycles. The van der Waals surface area contributed by atoms with Crippen LogP contribution in [0.3, 0.4) is 0 Å². The lowest BCUT2D eigenvalue weighted by molar-refractivity contribution is 0.410. The molecule has 1 unspecified atom stereocenters. The maximum Gasteiger partial charge on any atom is 0.132 e. The van der Waals surface area contributed by atoms with Crippen LogP contribution in [0.25, 0.3) is 0 Å². The standard InChI is InChI=1S/C15H15FINO/c1-10(18-15-6-4-3-5-14(15)17)12-8-7-11(19-2)9-13(12)16/h3-10,18H,1-2H3. The van der Waals surface area contributed by atoms with Crippen molar-refractivity contribution >= 4 is 28.3 Å². The van der Waals surface area contributed by atoms with Gasteiger partial charge in [0.1, 0.15) is 11.6 Å². The molecule has 0 aromatic heterocycles. The summed E-state index contributed by atoms with van der Waals surface area (Å²) < 4.78 is 20.1. The third kappa shape index (κ3) is 3.37. The second-order valence-electron chi connectivity index (χ2n) is 4.23. The Balaban J connectivity index is 2.21. The number of rotatable bonds is 4. The van der Waals surface area contributed by atoms with E-state index in [1.54, 1.807) is 12.1 Å². The fraction of sp³-hybridized carbons (Fsp3) is 0.200. The van der Waals surface area contributed by atoms with Gasteiger partial charge < -0.3 is 10.1 Å². The number of para-hydroxylation sites is 1. The first kappa shape index (κ1) is 14.1. The monoisotopic (exact) mass is 371 g/mol. The van der Waals surface area contributed by atoms with Crippen molar-refractivity contribution < 1.29 is 9.13 Å². The van der Waals surface area contributed by atoms with Gasteiger partial charge >= 0.3 is 0 Å². The molecule has 0 radical (unpaired) electrons. The first-order chi connectivity index (χ1) is 9.11. The predicted molar refractivity (Wildman–Crippen MR) is 84.1 cm³/mol. The number of nitrogens with one attached hydrogen (secondary N) is 1. The smallest absolute Gasteiger partial charge is 0.132 e. The van der Waals surface area contributed by atoms with Crippen molar-refractivity contribution in [2.24, 2.45) is 0 Å². The van der Waals surface area contributed by atoms with E-state index in [9.17, 15) is 4.39 Å². The molecular formula is C15H15FINO. The van der Waals surface area contributed by atoms with E-state index in [1.807, 2.05) is 31.2 Å². The van der Waals surface area contributed by atoms with Gasteiger partial charge in [-0.1, -0.05) is 18.2 Å². The molecule has 0 heterocycles. The Bertz CT molecular complexity index is 574. The zero-order chi connectivity index (χ0) is 13.8. The molecule has 0 saturated carbocycles. The maximum absolute atomic E-state index is 14.0. The van der Waals surface area contributed by atoms with Gasteiger partial charge in [-0.3, -0.25) is 0 Å². The highest BCUT2D eigenvalue weighted by Gasteiger charge is 2.12. The number of hydrogen-bond acceptors (Lipinski definition) is 2. The van der Waals surface area contributed by atoms with E-state index in [1.165, 1.54) is 13.2 Å². The highest BCUT2D eigenvalue weighted by Crippen LogP contribution is 2.26. The normalized spacial score (nSPS) is 12.0. The number of ether oxygens (including phenoxy) is 1. The van der Waals surface area contributed by atoms with Crippen LogP contribution in [0.5, 0.6) is 5.75 Å². The first-order valence-electron chi connectivity index (χ1n) is 5.96. The van der Waals surface area contributed by atoms with Gasteiger partial charge in [0.2, 0.25) is 0 Å². The lowest BCUT2D eigenvalue weighted by Gasteiger charge is -2.18. The summed E-state index contributed by atoms with van der Waals surface area (Å²) in [6.07, 6.45) is 0. The SMILES string of the molecule is COc1ccc(C(C)Nc2ccccc2I)c(F)c1. The minimum absolute atomic E-state index is 0.109. The Morgan fingerprint density at radius 1 is 1.21 bits per heavy atom. The largest absolute Gasteiger partial charge is 0.497 e. The summed E-state index contributed by atoms with van der Waals surface area (Å²) in [5.74, 6) is 0.271. The summed E-state index contributed by atoms with van der Waals surface area (Å²) in [4.78, 5) is 0. The maximum atomic E-state index is 14.0. The van der Waals surface area contributed by atoms with Crippen molar-refractivity contribution in [2.75, 3.05) is 12.4 Å². The summed E-state index contributed by atoms with van der Waals surface area (Å²) in [5, 5.41) is 3.32. The van der Waals surface area contributed by atoms with E-state index in [0.29, 0.717) is 11.3 Å². The van der Waals surface area contributed by atoms with E-state index in [2.05, 4.69) is 27.9 Å². The van der Waals surface area contributed by atoms with Gasteiger partial charge in [0.25, 0.3) is 0 Å². The summed E-state index contributed by atoms with van der Waals surface area (Å²) >= 11 is 2.26. The lowest BCUT2D eigenvalue weighted by atomic mass is 10.1. The second kappa shape index (κ2) is 6.23. The molecular weight excluding hydrogens is 356 g/mol. The van der Waals surface area contributed by atoms with Gasteiger partial charge in [-0.2, -0.15) is 0 Å². The predicted octanol–water partition coefficient (Wildman–Crippen LogP) is 4.61. The van der Waals surface area contributed by atoms with Crippen LogP contribution in [-0.4, -0.2) is 7.11 Å². The molecule has 19 heavy (non-hydrogen) atoms. The highest BCUT2D eigenvalue weighted by atomic mass is 127. The van der Waals surface area contributed by atoms with Gasteiger partial charge in [0.05, 0.1) is 13.2 Å². The fourth-order valence-electron chi connectivity index (χ4n) is 1.88. The number of hydrogen-bond donors (Lipinski definition) is 1. The molecule has 0 aliphatic carbocycles. The Morgan fingerprint density at radius 3 is 2.58 bits per heavy atom. The molecule has 1 N–H and O–H groups in total. The van der Waals surface area contributed by atoms with Crippen LogP contribution in [0.1, 0.15) is 18.5 Å². The van der Waals surface area contributed by atoms with Crippen LogP contribution in [0.4, 0.5) is 10.1 Å². The van der Waals surface area contributed by atoms with Gasteiger partial charge in [-0.15, -0.1) is 0 Å². The number of methoxy groups -OCH3 is 1. The van der Waals surface area contributed by atoms with E-state index < -0.39 is 0 Å². The van der Waals surface area contributed by atoms with Crippen LogP contribution in [0, 0.1) is 9.39 Å². The fourth-order valence-corrected chi connectivity index (χ4v) is 2.42. The molecule has 0 bridgehead atoms. The first-order valence-corrected chi connectivity index (χ1v) is 7.04. The molecule has 0 amide bonds. The molecule has 0 fully saturated rings. The Hall–Kier alpha value is -1.30. The van der Waals surface area contributed by atoms with E-state index in [0.717, 1.165) is 9.26 Å². The lowest BCUT2D eigenvalue weighted by Crippen LogP contribution is -2.09. The zero-order valence-electron chi connectivity index (χ0n) is 10.8. The van der Waals surface area contributed by atoms with Gasteiger partial charge in [0, 0.05) is 20.9 Å². The number of halogens is 2. The van der Waals surface area contributed by atoms with Crippen molar-refractivity contribution in [2.45, 2.75) is 13.0 Å².